The standard InChI is InChI=1S/C35H40F2N6O4.2C2HF3O2/c1-33(2,3)47-32(45)42-18-34(4,19-42)17-39-30-26-15-38-28(25-13-23(44)12-21-8-5-6-9-24(21)25)27(37)29(26)40-31(41-30)46-20-35-10-7-11-43(35)16-22(36)14-35;2*3-2(4,5)1(6)7/h5-6,8-9,12-13,15,22,44H,7,10-11,14,16-20H2,1-4H3,(H,39,40,41);2*(H,6,7)/t22-,35+;;/m1../s1. The van der Waals surface area contributed by atoms with Crippen LogP contribution in [-0.4, -0.2) is 127 Å². The smallest absolute Gasteiger partial charge is 0.490 e. The predicted molar refractivity (Wildman–Crippen MR) is 202 cm³/mol. The van der Waals surface area contributed by atoms with E-state index < -0.39 is 47.4 Å². The number of likely N-dealkylation sites (tertiary alicyclic amines) is 1. The van der Waals surface area contributed by atoms with Crippen molar-refractivity contribution in [2.75, 3.05) is 44.6 Å². The summed E-state index contributed by atoms with van der Waals surface area (Å²) >= 11 is 0. The Hall–Kier alpha value is -5.80. The van der Waals surface area contributed by atoms with Gasteiger partial charge >= 0.3 is 36.4 Å². The number of halogens is 8. The molecule has 61 heavy (non-hydrogen) atoms. The van der Waals surface area contributed by atoms with Crippen LogP contribution in [-0.2, 0) is 14.3 Å². The van der Waals surface area contributed by atoms with Crippen LogP contribution in [0.4, 0.5) is 45.7 Å². The lowest BCUT2D eigenvalue weighted by Gasteiger charge is -2.48. The van der Waals surface area contributed by atoms with E-state index in [2.05, 4.69) is 25.2 Å². The van der Waals surface area contributed by atoms with E-state index >= 15 is 4.39 Å². The summed E-state index contributed by atoms with van der Waals surface area (Å²) in [6.07, 6.45) is -7.77. The molecule has 4 aromatic rings. The SMILES string of the molecule is CC1(CNc2nc(OC[C@@]34CCCN3C[C@H](F)C4)nc3c(F)c(-c4cc(O)cc5ccccc45)ncc23)CN(C(=O)OC(C)(C)C)C1.O=C(O)C(F)(F)F.O=C(O)C(F)(F)F. The number of carbonyl (C=O) groups excluding carboxylic acids is 1. The number of pyridine rings is 1. The van der Waals surface area contributed by atoms with E-state index in [1.165, 1.54) is 12.3 Å². The first kappa shape index (κ1) is 46.3. The number of amides is 1. The summed E-state index contributed by atoms with van der Waals surface area (Å²) in [5, 5.41) is 29.9. The molecule has 0 bridgehead atoms. The van der Waals surface area contributed by atoms with Crippen molar-refractivity contribution in [3.8, 4) is 23.0 Å². The molecule has 0 radical (unpaired) electrons. The summed E-state index contributed by atoms with van der Waals surface area (Å²) in [6, 6.07) is 10.5. The Morgan fingerprint density at radius 1 is 0.967 bits per heavy atom. The Labute approximate surface area is 342 Å². The number of aromatic hydroxyl groups is 1. The normalized spacial score (nSPS) is 19.8. The van der Waals surface area contributed by atoms with Crippen molar-refractivity contribution in [1.82, 2.24) is 24.8 Å². The number of hydrogen-bond acceptors (Lipinski definition) is 11. The van der Waals surface area contributed by atoms with Crippen molar-refractivity contribution in [3.63, 3.8) is 0 Å². The van der Waals surface area contributed by atoms with Crippen LogP contribution in [0.3, 0.4) is 0 Å². The van der Waals surface area contributed by atoms with Gasteiger partial charge in [-0.05, 0) is 63.1 Å². The lowest BCUT2D eigenvalue weighted by Crippen LogP contribution is -2.60. The highest BCUT2D eigenvalue weighted by atomic mass is 19.4. The maximum absolute atomic E-state index is 16.6. The van der Waals surface area contributed by atoms with Gasteiger partial charge in [0.05, 0.1) is 10.9 Å². The predicted octanol–water partition coefficient (Wildman–Crippen LogP) is 7.58. The van der Waals surface area contributed by atoms with Crippen molar-refractivity contribution < 1.29 is 74.3 Å². The second-order valence-electron chi connectivity index (χ2n) is 16.2. The molecule has 3 aliphatic rings. The van der Waals surface area contributed by atoms with Gasteiger partial charge in [-0.25, -0.2) is 23.2 Å². The molecule has 7 rings (SSSR count). The minimum absolute atomic E-state index is 0.00802. The number of phenols is 1. The van der Waals surface area contributed by atoms with E-state index in [0.29, 0.717) is 49.4 Å². The molecule has 3 aliphatic heterocycles. The van der Waals surface area contributed by atoms with E-state index in [1.54, 1.807) is 11.0 Å². The van der Waals surface area contributed by atoms with Crippen molar-refractivity contribution in [1.29, 1.82) is 0 Å². The lowest BCUT2D eigenvalue weighted by atomic mass is 9.82. The van der Waals surface area contributed by atoms with Crippen molar-refractivity contribution in [3.05, 3.63) is 48.4 Å². The Balaban J connectivity index is 0.000000434. The van der Waals surface area contributed by atoms with Gasteiger partial charge in [-0.15, -0.1) is 0 Å². The fourth-order valence-electron chi connectivity index (χ4n) is 7.30. The number of benzene rings is 2. The molecule has 0 unspecified atom stereocenters. The quantitative estimate of drug-likeness (QED) is 0.133. The number of ether oxygens (including phenoxy) is 2. The molecule has 2 aromatic carbocycles. The number of hydrogen-bond donors (Lipinski definition) is 4. The van der Waals surface area contributed by atoms with E-state index in [4.69, 9.17) is 29.3 Å². The second-order valence-corrected chi connectivity index (χ2v) is 16.2. The number of carboxylic acid groups (broad SMARTS) is 2. The first-order chi connectivity index (χ1) is 28.2. The Morgan fingerprint density at radius 2 is 1.59 bits per heavy atom. The van der Waals surface area contributed by atoms with E-state index in [-0.39, 0.29) is 41.1 Å². The Kier molecular flexibility index (Phi) is 13.1. The molecule has 3 saturated heterocycles. The molecule has 2 aromatic heterocycles. The molecule has 2 atom stereocenters. The number of anilines is 1. The van der Waals surface area contributed by atoms with E-state index in [1.807, 2.05) is 52.0 Å². The number of carboxylic acids is 2. The summed E-state index contributed by atoms with van der Waals surface area (Å²) in [4.78, 5) is 47.8. The minimum atomic E-state index is -5.08. The number of nitrogens with one attached hydrogen (secondary N) is 1. The van der Waals surface area contributed by atoms with Gasteiger partial charge in [0.1, 0.15) is 41.2 Å². The Bertz CT molecular complexity index is 2260. The number of rotatable bonds is 7. The fourth-order valence-corrected chi connectivity index (χ4v) is 7.30. The van der Waals surface area contributed by atoms with Gasteiger partial charge in [-0.2, -0.15) is 36.3 Å². The molecule has 3 fully saturated rings. The van der Waals surface area contributed by atoms with Crippen LogP contribution in [0.2, 0.25) is 0 Å². The van der Waals surface area contributed by atoms with Gasteiger partial charge in [-0.3, -0.25) is 9.88 Å². The average molecular weight is 875 g/mol. The molecule has 4 N–H and O–H groups in total. The van der Waals surface area contributed by atoms with Gasteiger partial charge in [0.15, 0.2) is 5.82 Å². The minimum Gasteiger partial charge on any atom is -0.508 e. The maximum atomic E-state index is 16.6. The highest BCUT2D eigenvalue weighted by Gasteiger charge is 2.49. The number of aliphatic carboxylic acids is 2. The van der Waals surface area contributed by atoms with Crippen LogP contribution in [0.15, 0.2) is 42.6 Å². The zero-order valence-electron chi connectivity index (χ0n) is 33.1. The van der Waals surface area contributed by atoms with Crippen LogP contribution in [0.5, 0.6) is 11.8 Å². The highest BCUT2D eigenvalue weighted by Crippen LogP contribution is 2.41. The number of carbonyl (C=O) groups is 3. The molecule has 0 aliphatic carbocycles. The number of phenolic OH excluding ortho intramolecular Hbond substituents is 1. The largest absolute Gasteiger partial charge is 0.508 e. The molecular formula is C39H42F8N6O8. The van der Waals surface area contributed by atoms with Crippen molar-refractivity contribution >= 4 is 45.5 Å². The van der Waals surface area contributed by atoms with E-state index in [9.17, 15) is 40.6 Å². The van der Waals surface area contributed by atoms with Gasteiger partial charge in [0.25, 0.3) is 0 Å². The number of aromatic nitrogens is 3. The molecule has 0 spiro atoms. The number of fused-ring (bicyclic) bond motifs is 3. The molecule has 1 amide bonds. The molecular weight excluding hydrogens is 832 g/mol. The summed E-state index contributed by atoms with van der Waals surface area (Å²) in [7, 11) is 0. The summed E-state index contributed by atoms with van der Waals surface area (Å²) in [5.41, 5.74) is -0.823. The third kappa shape index (κ3) is 11.1. The third-order valence-corrected chi connectivity index (χ3v) is 9.96. The topological polar surface area (TPSA) is 188 Å². The van der Waals surface area contributed by atoms with Crippen LogP contribution < -0.4 is 10.1 Å². The maximum Gasteiger partial charge on any atom is 0.490 e. The number of nitrogens with zero attached hydrogens (tertiary/aromatic N) is 5. The summed E-state index contributed by atoms with van der Waals surface area (Å²) in [5.74, 6) is -5.85. The average Bonchev–Trinajstić information content (AvgIpc) is 3.66. The molecule has 5 heterocycles. The zero-order chi connectivity index (χ0) is 45.3. The molecule has 22 heteroatoms. The third-order valence-electron chi connectivity index (χ3n) is 9.96. The zero-order valence-corrected chi connectivity index (χ0v) is 33.1. The first-order valence-corrected chi connectivity index (χ1v) is 18.6. The van der Waals surface area contributed by atoms with Gasteiger partial charge in [0.2, 0.25) is 0 Å². The monoisotopic (exact) mass is 874 g/mol. The molecule has 332 valence electrons. The fraction of sp³-hybridized carbons (Fsp3) is 0.487. The highest BCUT2D eigenvalue weighted by molar-refractivity contribution is 5.99. The second kappa shape index (κ2) is 17.3. The van der Waals surface area contributed by atoms with Gasteiger partial charge in [0, 0.05) is 49.8 Å². The molecule has 0 saturated carbocycles. The lowest BCUT2D eigenvalue weighted by molar-refractivity contribution is -0.193. The van der Waals surface area contributed by atoms with Crippen LogP contribution in [0.1, 0.15) is 47.0 Å². The summed E-state index contributed by atoms with van der Waals surface area (Å²) in [6.45, 7) is 10.3. The number of alkyl halides is 7. The van der Waals surface area contributed by atoms with Crippen molar-refractivity contribution in [2.45, 2.75) is 76.6 Å². The van der Waals surface area contributed by atoms with Crippen LogP contribution in [0, 0.1) is 11.2 Å². The summed E-state index contributed by atoms with van der Waals surface area (Å²) < 4.78 is 106. The van der Waals surface area contributed by atoms with Gasteiger partial charge < -0.3 is 35.0 Å². The van der Waals surface area contributed by atoms with Crippen molar-refractivity contribution in [2.24, 2.45) is 5.41 Å². The molecule has 14 nitrogen and oxygen atoms in total. The van der Waals surface area contributed by atoms with E-state index in [0.717, 1.165) is 30.2 Å². The van der Waals surface area contributed by atoms with Crippen LogP contribution >= 0.6 is 0 Å². The van der Waals surface area contributed by atoms with Crippen LogP contribution in [0.25, 0.3) is 32.9 Å². The van der Waals surface area contributed by atoms with Gasteiger partial charge in [-0.1, -0.05) is 31.2 Å². The Morgan fingerprint density at radius 3 is 2.20 bits per heavy atom. The first-order valence-electron chi connectivity index (χ1n) is 18.6.